The fourth-order valence-electron chi connectivity index (χ4n) is 1.73. The van der Waals surface area contributed by atoms with Crippen LogP contribution in [0.4, 0.5) is 0 Å². The van der Waals surface area contributed by atoms with E-state index in [0.717, 1.165) is 5.56 Å². The molecule has 1 aromatic rings. The van der Waals surface area contributed by atoms with Crippen LogP contribution in [0.15, 0.2) is 30.3 Å². The lowest BCUT2D eigenvalue weighted by atomic mass is 10.2. The van der Waals surface area contributed by atoms with E-state index in [2.05, 4.69) is 0 Å². The molecule has 1 unspecified atom stereocenters. The lowest BCUT2D eigenvalue weighted by Crippen LogP contribution is -2.38. The minimum atomic E-state index is -3.20. The van der Waals surface area contributed by atoms with Crippen LogP contribution in [0.5, 0.6) is 0 Å². The van der Waals surface area contributed by atoms with Crippen LogP contribution >= 0.6 is 0 Å². The third kappa shape index (κ3) is 4.40. The fraction of sp³-hybridized carbons (Fsp3) is 0.538. The summed E-state index contributed by atoms with van der Waals surface area (Å²) in [5.74, 6) is 0.141. The number of aryl methyl sites for hydroxylation is 1. The molecule has 0 fully saturated rings. The lowest BCUT2D eigenvalue weighted by Gasteiger charge is -2.23. The Morgan fingerprint density at radius 2 is 1.89 bits per heavy atom. The first-order valence-corrected chi connectivity index (χ1v) is 7.78. The Labute approximate surface area is 110 Å². The van der Waals surface area contributed by atoms with E-state index in [-0.39, 0.29) is 11.8 Å². The van der Waals surface area contributed by atoms with Gasteiger partial charge in [0.05, 0.1) is 5.75 Å². The predicted molar refractivity (Wildman–Crippen MR) is 74.8 cm³/mol. The molecule has 4 nitrogen and oxygen atoms in total. The number of sulfonamides is 1. The second-order valence-corrected chi connectivity index (χ2v) is 6.64. The summed E-state index contributed by atoms with van der Waals surface area (Å²) in [6, 6.07) is 9.60. The van der Waals surface area contributed by atoms with Crippen LogP contribution in [0.1, 0.15) is 18.9 Å². The molecule has 2 N–H and O–H groups in total. The normalized spacial score (nSPS) is 13.8. The van der Waals surface area contributed by atoms with Gasteiger partial charge in [0.2, 0.25) is 10.0 Å². The smallest absolute Gasteiger partial charge is 0.214 e. The van der Waals surface area contributed by atoms with Crippen molar-refractivity contribution >= 4 is 10.0 Å². The van der Waals surface area contributed by atoms with Gasteiger partial charge in [-0.1, -0.05) is 30.3 Å². The molecule has 0 amide bonds. The van der Waals surface area contributed by atoms with E-state index in [4.69, 9.17) is 5.73 Å². The summed E-state index contributed by atoms with van der Waals surface area (Å²) in [7, 11) is -1.58. The minimum absolute atomic E-state index is 0.0456. The average Bonchev–Trinajstić information content (AvgIpc) is 2.37. The number of nitrogens with two attached hydrogens (primary N) is 1. The standard InChI is InChI=1S/C13H22N2O2S/c1-12(8-10-14)15(2)18(16,17)11-9-13-6-4-3-5-7-13/h3-7,12H,8-11,14H2,1-2H3. The van der Waals surface area contributed by atoms with E-state index in [0.29, 0.717) is 19.4 Å². The highest BCUT2D eigenvalue weighted by Gasteiger charge is 2.22. The summed E-state index contributed by atoms with van der Waals surface area (Å²) in [6.07, 6.45) is 1.23. The number of nitrogens with zero attached hydrogens (tertiary/aromatic N) is 1. The molecule has 18 heavy (non-hydrogen) atoms. The van der Waals surface area contributed by atoms with Crippen molar-refractivity contribution < 1.29 is 8.42 Å². The van der Waals surface area contributed by atoms with Crippen LogP contribution in [-0.2, 0) is 16.4 Å². The van der Waals surface area contributed by atoms with Crippen LogP contribution in [0, 0.1) is 0 Å². The quantitative estimate of drug-likeness (QED) is 0.810. The molecule has 0 heterocycles. The summed E-state index contributed by atoms with van der Waals surface area (Å²) in [5.41, 5.74) is 6.50. The van der Waals surface area contributed by atoms with Crippen LogP contribution in [-0.4, -0.2) is 38.1 Å². The maximum absolute atomic E-state index is 12.1. The molecule has 0 radical (unpaired) electrons. The lowest BCUT2D eigenvalue weighted by molar-refractivity contribution is 0.374. The van der Waals surface area contributed by atoms with Gasteiger partial charge in [-0.05, 0) is 31.9 Å². The van der Waals surface area contributed by atoms with Crippen LogP contribution in [0.2, 0.25) is 0 Å². The summed E-state index contributed by atoms with van der Waals surface area (Å²) in [4.78, 5) is 0. The molecule has 1 aromatic carbocycles. The molecule has 0 aromatic heterocycles. The summed E-state index contributed by atoms with van der Waals surface area (Å²) >= 11 is 0. The second kappa shape index (κ2) is 6.87. The summed E-state index contributed by atoms with van der Waals surface area (Å²) < 4.78 is 25.6. The van der Waals surface area contributed by atoms with Crippen molar-refractivity contribution in [3.05, 3.63) is 35.9 Å². The van der Waals surface area contributed by atoms with E-state index in [1.807, 2.05) is 37.3 Å². The molecule has 102 valence electrons. The molecular weight excluding hydrogens is 248 g/mol. The van der Waals surface area contributed by atoms with Crippen molar-refractivity contribution in [1.82, 2.24) is 4.31 Å². The maximum Gasteiger partial charge on any atom is 0.214 e. The van der Waals surface area contributed by atoms with E-state index in [1.165, 1.54) is 4.31 Å². The Hall–Kier alpha value is -0.910. The number of rotatable bonds is 7. The van der Waals surface area contributed by atoms with Gasteiger partial charge in [-0.15, -0.1) is 0 Å². The van der Waals surface area contributed by atoms with Crippen LogP contribution in [0.25, 0.3) is 0 Å². The van der Waals surface area contributed by atoms with Gasteiger partial charge < -0.3 is 5.73 Å². The molecule has 5 heteroatoms. The SMILES string of the molecule is CC(CCN)N(C)S(=O)(=O)CCc1ccccc1. The van der Waals surface area contributed by atoms with Gasteiger partial charge in [0.15, 0.2) is 0 Å². The minimum Gasteiger partial charge on any atom is -0.330 e. The molecular formula is C13H22N2O2S. The van der Waals surface area contributed by atoms with E-state index >= 15 is 0 Å². The Morgan fingerprint density at radius 3 is 2.44 bits per heavy atom. The molecule has 1 rings (SSSR count). The molecule has 1 atom stereocenters. The molecule has 0 bridgehead atoms. The summed E-state index contributed by atoms with van der Waals surface area (Å²) in [5, 5.41) is 0. The zero-order chi connectivity index (χ0) is 13.6. The van der Waals surface area contributed by atoms with Gasteiger partial charge in [0.25, 0.3) is 0 Å². The molecule has 0 aliphatic rings. The maximum atomic E-state index is 12.1. The zero-order valence-electron chi connectivity index (χ0n) is 11.0. The third-order valence-electron chi connectivity index (χ3n) is 3.14. The van der Waals surface area contributed by atoms with Crippen LogP contribution < -0.4 is 5.73 Å². The third-order valence-corrected chi connectivity index (χ3v) is 5.09. The van der Waals surface area contributed by atoms with Crippen molar-refractivity contribution in [3.63, 3.8) is 0 Å². The van der Waals surface area contributed by atoms with Gasteiger partial charge in [-0.25, -0.2) is 12.7 Å². The van der Waals surface area contributed by atoms with Gasteiger partial charge in [-0.3, -0.25) is 0 Å². The van der Waals surface area contributed by atoms with Gasteiger partial charge in [0.1, 0.15) is 0 Å². The zero-order valence-corrected chi connectivity index (χ0v) is 11.9. The van der Waals surface area contributed by atoms with Crippen molar-refractivity contribution in [3.8, 4) is 0 Å². The van der Waals surface area contributed by atoms with Crippen molar-refractivity contribution in [2.75, 3.05) is 19.3 Å². The van der Waals surface area contributed by atoms with Crippen molar-refractivity contribution in [2.45, 2.75) is 25.8 Å². The monoisotopic (exact) mass is 270 g/mol. The first-order valence-electron chi connectivity index (χ1n) is 6.17. The van der Waals surface area contributed by atoms with Gasteiger partial charge in [-0.2, -0.15) is 0 Å². The van der Waals surface area contributed by atoms with Crippen LogP contribution in [0.3, 0.4) is 0 Å². The Balaban J connectivity index is 2.59. The molecule has 0 aliphatic heterocycles. The Morgan fingerprint density at radius 1 is 1.28 bits per heavy atom. The van der Waals surface area contributed by atoms with E-state index < -0.39 is 10.0 Å². The molecule has 0 saturated carbocycles. The van der Waals surface area contributed by atoms with E-state index in [1.54, 1.807) is 7.05 Å². The number of benzene rings is 1. The largest absolute Gasteiger partial charge is 0.330 e. The van der Waals surface area contributed by atoms with Gasteiger partial charge in [0, 0.05) is 13.1 Å². The predicted octanol–water partition coefficient (Wildman–Crippen LogP) is 1.23. The van der Waals surface area contributed by atoms with Crippen molar-refractivity contribution in [1.29, 1.82) is 0 Å². The highest BCUT2D eigenvalue weighted by Crippen LogP contribution is 2.10. The topological polar surface area (TPSA) is 63.4 Å². The Kier molecular flexibility index (Phi) is 5.78. The number of hydrogen-bond donors (Lipinski definition) is 1. The van der Waals surface area contributed by atoms with E-state index in [9.17, 15) is 8.42 Å². The molecule has 0 saturated heterocycles. The number of hydrogen-bond acceptors (Lipinski definition) is 3. The first kappa shape index (κ1) is 15.1. The molecule has 0 spiro atoms. The fourth-order valence-corrected chi connectivity index (χ4v) is 3.17. The first-order chi connectivity index (χ1) is 8.47. The highest BCUT2D eigenvalue weighted by molar-refractivity contribution is 7.89. The Bertz CT molecular complexity index is 445. The van der Waals surface area contributed by atoms with Crippen molar-refractivity contribution in [2.24, 2.45) is 5.73 Å². The average molecular weight is 270 g/mol. The van der Waals surface area contributed by atoms with Gasteiger partial charge >= 0.3 is 0 Å². The second-order valence-electron chi connectivity index (χ2n) is 4.49. The highest BCUT2D eigenvalue weighted by atomic mass is 32.2. The molecule has 0 aliphatic carbocycles. The summed E-state index contributed by atoms with van der Waals surface area (Å²) in [6.45, 7) is 2.38.